The van der Waals surface area contributed by atoms with E-state index in [9.17, 15) is 10.2 Å². The number of ether oxygens (including phenoxy) is 2. The summed E-state index contributed by atoms with van der Waals surface area (Å²) in [7, 11) is 0. The summed E-state index contributed by atoms with van der Waals surface area (Å²) in [6, 6.07) is 0. The first-order valence-electron chi connectivity index (χ1n) is 30.0. The molecule has 0 aromatic heterocycles. The Morgan fingerprint density at radius 2 is 0.859 bits per heavy atom. The second-order valence-electron chi connectivity index (χ2n) is 30.2. The Bertz CT molecular complexity index is 1940. The fourth-order valence-corrected chi connectivity index (χ4v) is 29.5. The molecule has 32 unspecified atom stereocenters. The topological polar surface area (TPSA) is 58.9 Å². The molecule has 2 N–H and O–H groups in total. The highest BCUT2D eigenvalue weighted by molar-refractivity contribution is 5.34. The zero-order valence-corrected chi connectivity index (χ0v) is 39.6. The molecule has 6 aliphatic heterocycles. The van der Waals surface area contributed by atoms with Gasteiger partial charge in [0.2, 0.25) is 0 Å². The monoisotopic (exact) mass is 871 g/mol. The van der Waals surface area contributed by atoms with Gasteiger partial charge in [0.1, 0.15) is 0 Å². The van der Waals surface area contributed by atoms with E-state index in [0.717, 1.165) is 154 Å². The summed E-state index contributed by atoms with van der Waals surface area (Å²) < 4.78 is 14.1. The zero-order valence-electron chi connectivity index (χ0n) is 39.6. The van der Waals surface area contributed by atoms with Gasteiger partial charge in [-0.25, -0.2) is 0 Å². The van der Waals surface area contributed by atoms with Gasteiger partial charge in [-0.3, -0.25) is 0 Å². The van der Waals surface area contributed by atoms with Crippen molar-refractivity contribution in [2.24, 2.45) is 188 Å². The lowest BCUT2D eigenvalue weighted by atomic mass is 9.37. The van der Waals surface area contributed by atoms with Crippen LogP contribution in [-0.4, -0.2) is 36.0 Å². The summed E-state index contributed by atoms with van der Waals surface area (Å²) in [5.41, 5.74) is 0.589. The molecule has 15 bridgehead atoms. The van der Waals surface area contributed by atoms with Crippen LogP contribution >= 0.6 is 0 Å². The zero-order chi connectivity index (χ0) is 41.3. The van der Waals surface area contributed by atoms with Crippen molar-refractivity contribution in [1.82, 2.24) is 0 Å². The van der Waals surface area contributed by atoms with Gasteiger partial charge in [-0.1, -0.05) is 57.8 Å². The average Bonchev–Trinajstić information content (AvgIpc) is 4.14. The minimum Gasteiger partial charge on any atom is -0.368 e. The van der Waals surface area contributed by atoms with E-state index in [1.165, 1.54) is 96.3 Å². The van der Waals surface area contributed by atoms with E-state index in [0.29, 0.717) is 36.4 Å². The van der Waals surface area contributed by atoms with Crippen LogP contribution in [0.25, 0.3) is 0 Å². The van der Waals surface area contributed by atoms with E-state index in [1.807, 2.05) is 0 Å². The van der Waals surface area contributed by atoms with E-state index >= 15 is 0 Å². The van der Waals surface area contributed by atoms with E-state index in [1.54, 1.807) is 57.8 Å². The van der Waals surface area contributed by atoms with Crippen LogP contribution in [0.1, 0.15) is 154 Å². The molecule has 2 spiro atoms. The predicted molar refractivity (Wildman–Crippen MR) is 244 cm³/mol. The van der Waals surface area contributed by atoms with Crippen molar-refractivity contribution in [3.63, 3.8) is 0 Å². The second-order valence-corrected chi connectivity index (χ2v) is 30.2. The van der Waals surface area contributed by atoms with Gasteiger partial charge in [0.05, 0.1) is 19.1 Å². The quantitative estimate of drug-likeness (QED) is 0.255. The minimum atomic E-state index is -0.904. The average molecular weight is 871 g/mol. The van der Waals surface area contributed by atoms with Crippen LogP contribution in [0, 0.1) is 188 Å². The molecule has 4 heteroatoms. The van der Waals surface area contributed by atoms with Crippen molar-refractivity contribution in [1.29, 1.82) is 0 Å². The summed E-state index contributed by atoms with van der Waals surface area (Å²) in [6.45, 7) is 1.39. The highest BCUT2D eigenvalue weighted by Gasteiger charge is 2.87. The van der Waals surface area contributed by atoms with Gasteiger partial charge in [-0.05, 0) is 279 Å². The van der Waals surface area contributed by atoms with E-state index < -0.39 is 12.6 Å². The lowest BCUT2D eigenvalue weighted by Gasteiger charge is -2.67. The van der Waals surface area contributed by atoms with Crippen molar-refractivity contribution in [2.45, 2.75) is 167 Å². The number of aliphatic hydroxyl groups excluding tert-OH is 2. The van der Waals surface area contributed by atoms with Crippen molar-refractivity contribution in [3.05, 3.63) is 0 Å². The van der Waals surface area contributed by atoms with Crippen LogP contribution in [0.4, 0.5) is 0 Å². The van der Waals surface area contributed by atoms with Gasteiger partial charge in [0, 0.05) is 0 Å². The molecule has 64 heavy (non-hydrogen) atoms. The minimum absolute atomic E-state index is 0.0453. The maximum Gasteiger partial charge on any atom is 0.162 e. The summed E-state index contributed by atoms with van der Waals surface area (Å²) in [4.78, 5) is 0. The van der Waals surface area contributed by atoms with Gasteiger partial charge in [0.15, 0.2) is 12.6 Å². The van der Waals surface area contributed by atoms with Crippen LogP contribution in [0.3, 0.4) is 0 Å². The maximum atomic E-state index is 13.2. The van der Waals surface area contributed by atoms with Crippen LogP contribution < -0.4 is 0 Å². The van der Waals surface area contributed by atoms with Crippen LogP contribution in [-0.2, 0) is 9.47 Å². The smallest absolute Gasteiger partial charge is 0.162 e. The molecular weight excluding hydrogens is 785 g/mol. The molecule has 6 heterocycles. The molecule has 16 aliphatic carbocycles. The summed E-state index contributed by atoms with van der Waals surface area (Å²) in [5, 5.41) is 26.4. The molecular formula is C60H86O4. The Hall–Kier alpha value is -0.160. The van der Waals surface area contributed by atoms with Crippen LogP contribution in [0.2, 0.25) is 0 Å². The number of rotatable bonds is 0. The van der Waals surface area contributed by atoms with Gasteiger partial charge >= 0.3 is 0 Å². The Balaban J connectivity index is 0.874. The standard InChI is InChI=1S/C60H86O4/c61-57-56-58(62)64-26-32-10-6-28(17-32)4-5-29-11-13-36-37(18-29)39-21-35-24-60(56)23-33-15-16-59-22-30(7-1-27-2-8-31(9-3-27)25-63-57)12-14-41(59)40-20-34-19-38(36)45-46(39)49-44(35)55(60)52-43(33)54(59)53-47(40)42(34)48(45)50(49)51(52)53/h27-58,61-62H,1-26H2. The molecule has 32 atom stereocenters. The maximum absolute atomic E-state index is 13.2. The third kappa shape index (κ3) is 4.49. The molecule has 350 valence electrons. The lowest BCUT2D eigenvalue weighted by molar-refractivity contribution is -0.282. The molecule has 22 rings (SSSR count). The molecule has 22 aliphatic rings. The van der Waals surface area contributed by atoms with Crippen LogP contribution in [0.5, 0.6) is 0 Å². The Morgan fingerprint density at radius 1 is 0.312 bits per heavy atom. The second kappa shape index (κ2) is 13.0. The largest absolute Gasteiger partial charge is 0.368 e. The fourth-order valence-electron chi connectivity index (χ4n) is 29.5. The summed E-state index contributed by atoms with van der Waals surface area (Å²) >= 11 is 0. The summed E-state index contributed by atoms with van der Waals surface area (Å²) in [5.74, 6) is 27.2. The normalized spacial score (nSPS) is 70.6. The van der Waals surface area contributed by atoms with Gasteiger partial charge in [-0.15, -0.1) is 0 Å². The van der Waals surface area contributed by atoms with Crippen LogP contribution in [0.15, 0.2) is 0 Å². The number of hydrogen-bond acceptors (Lipinski definition) is 4. The first-order valence-corrected chi connectivity index (χ1v) is 30.0. The number of hydrogen-bond donors (Lipinski definition) is 2. The number of fused-ring (bicyclic) bond motifs is 5. The summed E-state index contributed by atoms with van der Waals surface area (Å²) in [6.07, 6.45) is 33.5. The van der Waals surface area contributed by atoms with E-state index in [-0.39, 0.29) is 11.3 Å². The van der Waals surface area contributed by atoms with Gasteiger partial charge in [0.25, 0.3) is 0 Å². The first kappa shape index (κ1) is 38.6. The molecule has 16 saturated carbocycles. The fraction of sp³-hybridized carbons (Fsp3) is 1.00. The van der Waals surface area contributed by atoms with Gasteiger partial charge in [-0.2, -0.15) is 0 Å². The molecule has 0 aromatic carbocycles. The molecule has 6 saturated heterocycles. The van der Waals surface area contributed by atoms with Crippen molar-refractivity contribution < 1.29 is 19.7 Å². The van der Waals surface area contributed by atoms with E-state index in [4.69, 9.17) is 9.47 Å². The highest BCUT2D eigenvalue weighted by atomic mass is 16.6. The Labute approximate surface area is 386 Å². The predicted octanol–water partition coefficient (Wildman–Crippen LogP) is 11.7. The molecule has 22 fully saturated rings. The van der Waals surface area contributed by atoms with Crippen molar-refractivity contribution in [2.75, 3.05) is 13.2 Å². The van der Waals surface area contributed by atoms with Gasteiger partial charge < -0.3 is 19.7 Å². The third-order valence-electron chi connectivity index (χ3n) is 29.7. The van der Waals surface area contributed by atoms with Crippen molar-refractivity contribution in [3.8, 4) is 0 Å². The van der Waals surface area contributed by atoms with Crippen molar-refractivity contribution >= 4 is 0 Å². The highest BCUT2D eigenvalue weighted by Crippen LogP contribution is 2.92. The molecule has 4 nitrogen and oxygen atoms in total. The molecule has 0 aromatic rings. The SMILES string of the molecule is OC1OCC2CCC(CC2)CCC2CCC3C4CC5CC6C7CCC8CCC9CCC(COC(O)C1C1%10CC%11CCC3(C2)C2C%11C3C%11C%12C(C5C4C%112)C6C2C(CC(C1)C(C2%12)C3%10)C7C8)C9. The molecule has 0 radical (unpaired) electrons. The Kier molecular flexibility index (Phi) is 7.85. The Morgan fingerprint density at radius 3 is 1.70 bits per heavy atom. The lowest BCUT2D eigenvalue weighted by Crippen LogP contribution is -2.62. The number of aliphatic hydroxyl groups is 2. The third-order valence-corrected chi connectivity index (χ3v) is 29.7. The molecule has 0 amide bonds. The first-order chi connectivity index (χ1) is 31.5. The van der Waals surface area contributed by atoms with E-state index in [2.05, 4.69) is 0 Å².